The minimum atomic E-state index is -2.43. The fourth-order valence-corrected chi connectivity index (χ4v) is 7.85. The highest BCUT2D eigenvalue weighted by Crippen LogP contribution is 2.52. The van der Waals surface area contributed by atoms with Gasteiger partial charge in [-0.2, -0.15) is 0 Å². The average Bonchev–Trinajstić information content (AvgIpc) is 3.29. The highest BCUT2D eigenvalue weighted by Gasteiger charge is 2.64. The number of hydrogen-bond donors (Lipinski definition) is 3. The van der Waals surface area contributed by atoms with Crippen LogP contribution in [0.15, 0.2) is 21.9 Å². The lowest BCUT2D eigenvalue weighted by Crippen LogP contribution is -2.61. The first-order valence-electron chi connectivity index (χ1n) is 12.6. The van der Waals surface area contributed by atoms with E-state index in [1.54, 1.807) is 0 Å². The molecule has 2 aliphatic rings. The van der Waals surface area contributed by atoms with E-state index in [-0.39, 0.29) is 16.7 Å². The minimum Gasteiger partial charge on any atom is -0.480 e. The molecule has 3 rings (SSSR count). The number of aliphatic carboxylic acids is 1. The van der Waals surface area contributed by atoms with E-state index in [1.165, 1.54) is 28.6 Å². The lowest BCUT2D eigenvalue weighted by molar-refractivity contribution is -0.139. The third-order valence-electron chi connectivity index (χ3n) is 8.41. The lowest BCUT2D eigenvalue weighted by Gasteiger charge is -2.44. The monoisotopic (exact) mass is 573 g/mol. The average molecular weight is 574 g/mol. The van der Waals surface area contributed by atoms with Gasteiger partial charge < -0.3 is 18.7 Å². The van der Waals surface area contributed by atoms with Crippen molar-refractivity contribution in [1.82, 2.24) is 14.9 Å². The van der Waals surface area contributed by atoms with Crippen molar-refractivity contribution >= 4 is 34.4 Å². The topological polar surface area (TPSA) is 132 Å². The first-order chi connectivity index (χ1) is 16.7. The van der Waals surface area contributed by atoms with Crippen LogP contribution in [-0.2, 0) is 18.4 Å². The highest BCUT2D eigenvalue weighted by atomic mass is 32.2. The van der Waals surface area contributed by atoms with Crippen molar-refractivity contribution in [1.29, 1.82) is 0 Å². The molecule has 0 aromatic carbocycles. The van der Waals surface area contributed by atoms with Gasteiger partial charge in [-0.3, -0.25) is 24.5 Å². The minimum absolute atomic E-state index is 0.0368. The summed E-state index contributed by atoms with van der Waals surface area (Å²) in [7, 11) is -4.61. The number of hydrogen-bond acceptors (Lipinski definition) is 8. The number of carbonyl (C=O) groups is 1. The van der Waals surface area contributed by atoms with Gasteiger partial charge in [0, 0.05) is 18.0 Å². The van der Waals surface area contributed by atoms with Crippen LogP contribution in [0.25, 0.3) is 0 Å². The van der Waals surface area contributed by atoms with Gasteiger partial charge in [0.05, 0.1) is 6.61 Å². The summed E-state index contributed by atoms with van der Waals surface area (Å²) in [5.74, 6) is -0.635. The Labute approximate surface area is 225 Å². The largest absolute Gasteiger partial charge is 0.480 e. The maximum atomic E-state index is 12.9. The Hall–Kier alpha value is -1.23. The SMILES string of the molecule is CC(C)(C)[Si](C)(C)OC[C@H]1O[C@@H](n2ccc(=O)[nH]c2=O)[C@H](O[Si](C)(C)C(C)(C)C)[C@]12N[C@H](C(=O)O)CS2. The Balaban J connectivity index is 2.13. The van der Waals surface area contributed by atoms with E-state index < -0.39 is 63.2 Å². The summed E-state index contributed by atoms with van der Waals surface area (Å²) in [6.07, 6.45) is -0.791. The molecule has 1 spiro atoms. The van der Waals surface area contributed by atoms with Crippen molar-refractivity contribution in [2.75, 3.05) is 12.4 Å². The van der Waals surface area contributed by atoms with E-state index in [1.807, 2.05) is 0 Å². The van der Waals surface area contributed by atoms with Crippen molar-refractivity contribution in [2.45, 2.75) is 107 Å². The molecule has 0 aliphatic carbocycles. The molecule has 3 heterocycles. The van der Waals surface area contributed by atoms with Crippen LogP contribution in [0.2, 0.25) is 36.3 Å². The fourth-order valence-electron chi connectivity index (χ4n) is 3.94. The molecule has 13 heteroatoms. The van der Waals surface area contributed by atoms with Crippen LogP contribution in [0.1, 0.15) is 47.8 Å². The molecule has 210 valence electrons. The highest BCUT2D eigenvalue weighted by molar-refractivity contribution is 8.01. The zero-order chi connectivity index (χ0) is 28.2. The summed E-state index contributed by atoms with van der Waals surface area (Å²) < 4.78 is 21.4. The molecular formula is C24H43N3O7SSi2. The van der Waals surface area contributed by atoms with Gasteiger partial charge in [-0.1, -0.05) is 41.5 Å². The Morgan fingerprint density at radius 3 is 2.24 bits per heavy atom. The molecule has 37 heavy (non-hydrogen) atoms. The van der Waals surface area contributed by atoms with Gasteiger partial charge in [0.2, 0.25) is 0 Å². The molecule has 0 saturated carbocycles. The standard InChI is InChI=1S/C24H43N3O7SSi2/c1-22(2,3)36(7,8)32-13-16-24(26-15(14-35-24)20(29)30)18(34-37(9,10)23(4,5)6)19(33-16)27-12-11-17(28)25-21(27)31/h11-12,15-16,18-19,26H,13-14H2,1-10H3,(H,29,30)(H,25,28,31)/t15-,16+,18-,19+,24-/m0/s1. The predicted octanol–water partition coefficient (Wildman–Crippen LogP) is 3.33. The van der Waals surface area contributed by atoms with Crippen molar-refractivity contribution < 1.29 is 23.5 Å². The smallest absolute Gasteiger partial charge is 0.330 e. The Morgan fingerprint density at radius 1 is 1.16 bits per heavy atom. The number of carboxylic acids is 1. The molecule has 2 saturated heterocycles. The summed E-state index contributed by atoms with van der Waals surface area (Å²) in [4.78, 5) is 38.1. The number of carboxylic acid groups (broad SMARTS) is 1. The first-order valence-corrected chi connectivity index (χ1v) is 19.5. The zero-order valence-electron chi connectivity index (χ0n) is 23.6. The molecule has 0 amide bonds. The molecule has 1 aromatic rings. The van der Waals surface area contributed by atoms with Gasteiger partial charge in [-0.05, 0) is 36.3 Å². The van der Waals surface area contributed by atoms with Gasteiger partial charge in [0.25, 0.3) is 5.56 Å². The number of aromatic nitrogens is 2. The van der Waals surface area contributed by atoms with Gasteiger partial charge in [-0.15, -0.1) is 11.8 Å². The van der Waals surface area contributed by atoms with Crippen LogP contribution in [0, 0.1) is 0 Å². The fraction of sp³-hybridized carbons (Fsp3) is 0.792. The van der Waals surface area contributed by atoms with Crippen LogP contribution < -0.4 is 16.6 Å². The van der Waals surface area contributed by atoms with Crippen molar-refractivity contribution in [3.8, 4) is 0 Å². The Morgan fingerprint density at radius 2 is 1.76 bits per heavy atom. The van der Waals surface area contributed by atoms with E-state index in [4.69, 9.17) is 13.6 Å². The maximum Gasteiger partial charge on any atom is 0.330 e. The normalized spacial score (nSPS) is 29.2. The molecule has 3 N–H and O–H groups in total. The lowest BCUT2D eigenvalue weighted by atomic mass is 10.1. The first kappa shape index (κ1) is 30.3. The molecule has 5 atom stereocenters. The van der Waals surface area contributed by atoms with Crippen molar-refractivity contribution in [2.24, 2.45) is 0 Å². The van der Waals surface area contributed by atoms with E-state index in [9.17, 15) is 19.5 Å². The van der Waals surface area contributed by atoms with Crippen molar-refractivity contribution in [3.05, 3.63) is 33.1 Å². The number of ether oxygens (including phenoxy) is 1. The third kappa shape index (κ3) is 5.87. The van der Waals surface area contributed by atoms with Gasteiger partial charge in [0.1, 0.15) is 23.1 Å². The molecule has 2 fully saturated rings. The second-order valence-corrected chi connectivity index (χ2v) is 23.9. The quantitative estimate of drug-likeness (QED) is 0.420. The molecule has 2 aliphatic heterocycles. The van der Waals surface area contributed by atoms with Crippen LogP contribution in [0.4, 0.5) is 0 Å². The zero-order valence-corrected chi connectivity index (χ0v) is 26.4. The number of aromatic amines is 1. The molecule has 1 aromatic heterocycles. The summed E-state index contributed by atoms with van der Waals surface area (Å²) in [6, 6.07) is 0.468. The maximum absolute atomic E-state index is 12.9. The summed E-state index contributed by atoms with van der Waals surface area (Å²) in [6.45, 7) is 21.6. The number of thioether (sulfide) groups is 1. The summed E-state index contributed by atoms with van der Waals surface area (Å²) >= 11 is 1.45. The second-order valence-electron chi connectivity index (χ2n) is 13.0. The number of H-pyrrole nitrogens is 1. The Bertz CT molecular complexity index is 1120. The van der Waals surface area contributed by atoms with Crippen LogP contribution in [0.3, 0.4) is 0 Å². The van der Waals surface area contributed by atoms with Gasteiger partial charge in [0.15, 0.2) is 22.9 Å². The molecule has 0 bridgehead atoms. The molecule has 10 nitrogen and oxygen atoms in total. The van der Waals surface area contributed by atoms with E-state index in [0.29, 0.717) is 5.75 Å². The van der Waals surface area contributed by atoms with Crippen LogP contribution in [-0.4, -0.2) is 72.7 Å². The Kier molecular flexibility index (Phi) is 8.25. The van der Waals surface area contributed by atoms with Crippen LogP contribution in [0.5, 0.6) is 0 Å². The van der Waals surface area contributed by atoms with E-state index in [0.717, 1.165) is 0 Å². The van der Waals surface area contributed by atoms with E-state index >= 15 is 0 Å². The van der Waals surface area contributed by atoms with Gasteiger partial charge >= 0.3 is 11.7 Å². The molecule has 0 radical (unpaired) electrons. The van der Waals surface area contributed by atoms with Crippen LogP contribution >= 0.6 is 11.8 Å². The van der Waals surface area contributed by atoms with Crippen molar-refractivity contribution in [3.63, 3.8) is 0 Å². The number of nitrogens with zero attached hydrogens (tertiary/aromatic N) is 1. The summed E-state index contributed by atoms with van der Waals surface area (Å²) in [5, 5.41) is 13.0. The number of rotatable bonds is 7. The third-order valence-corrected chi connectivity index (χ3v) is 19.0. The second kappa shape index (κ2) is 10.1. The van der Waals surface area contributed by atoms with E-state index in [2.05, 4.69) is 78.0 Å². The molecular weight excluding hydrogens is 531 g/mol. The number of nitrogens with one attached hydrogen (secondary N) is 2. The van der Waals surface area contributed by atoms with Gasteiger partial charge in [-0.25, -0.2) is 4.79 Å². The summed E-state index contributed by atoms with van der Waals surface area (Å²) in [5.41, 5.74) is -1.12. The molecule has 0 unspecified atom stereocenters. The predicted molar refractivity (Wildman–Crippen MR) is 150 cm³/mol.